The maximum atomic E-state index is 6.55. The molecule has 0 radical (unpaired) electrons. The van der Waals surface area contributed by atoms with Gasteiger partial charge in [0.1, 0.15) is 0 Å². The van der Waals surface area contributed by atoms with Crippen LogP contribution in [0.4, 0.5) is 0 Å². The van der Waals surface area contributed by atoms with Crippen molar-refractivity contribution in [2.75, 3.05) is 13.1 Å². The summed E-state index contributed by atoms with van der Waals surface area (Å²) < 4.78 is 6.55. The van der Waals surface area contributed by atoms with E-state index < -0.39 is 0 Å². The van der Waals surface area contributed by atoms with Crippen molar-refractivity contribution in [3.8, 4) is 0 Å². The molecule has 2 rings (SSSR count). The van der Waals surface area contributed by atoms with Gasteiger partial charge in [-0.25, -0.2) is 0 Å². The van der Waals surface area contributed by atoms with Crippen LogP contribution in [0.1, 0.15) is 58.8 Å². The van der Waals surface area contributed by atoms with Gasteiger partial charge in [-0.2, -0.15) is 0 Å². The third-order valence-corrected chi connectivity index (χ3v) is 4.19. The first-order chi connectivity index (χ1) is 7.24. The molecule has 1 aliphatic heterocycles. The van der Waals surface area contributed by atoms with Crippen molar-refractivity contribution < 1.29 is 4.74 Å². The second-order valence-corrected chi connectivity index (χ2v) is 5.38. The molecule has 2 aliphatic rings. The van der Waals surface area contributed by atoms with E-state index in [0.29, 0.717) is 0 Å². The van der Waals surface area contributed by atoms with Gasteiger partial charge in [0, 0.05) is 13.1 Å². The Hall–Kier alpha value is -0.0800. The highest BCUT2D eigenvalue weighted by molar-refractivity contribution is 4.98. The van der Waals surface area contributed by atoms with Crippen molar-refractivity contribution in [2.24, 2.45) is 0 Å². The number of ether oxygens (including phenoxy) is 1. The third-order valence-electron chi connectivity index (χ3n) is 4.19. The highest BCUT2D eigenvalue weighted by Gasteiger charge is 2.45. The lowest BCUT2D eigenvalue weighted by Crippen LogP contribution is -2.59. The molecule has 1 atom stereocenters. The molecule has 0 aromatic heterocycles. The molecule has 1 spiro atoms. The van der Waals surface area contributed by atoms with E-state index >= 15 is 0 Å². The maximum absolute atomic E-state index is 6.55. The molecule has 1 N–H and O–H groups in total. The van der Waals surface area contributed by atoms with Gasteiger partial charge < -0.3 is 10.1 Å². The van der Waals surface area contributed by atoms with Crippen molar-refractivity contribution in [1.82, 2.24) is 5.32 Å². The third kappa shape index (κ3) is 2.21. The lowest BCUT2D eigenvalue weighted by molar-refractivity contribution is -0.180. The first kappa shape index (κ1) is 11.4. The molecule has 88 valence electrons. The Labute approximate surface area is 93.8 Å². The standard InChI is InChI=1S/C13H25NO/c1-3-7-12(4-2)10-14-11-13(15-12)8-5-6-9-13/h14H,3-11H2,1-2H3. The summed E-state index contributed by atoms with van der Waals surface area (Å²) in [5, 5.41) is 3.62. The van der Waals surface area contributed by atoms with Gasteiger partial charge >= 0.3 is 0 Å². The Morgan fingerprint density at radius 2 is 1.87 bits per heavy atom. The van der Waals surface area contributed by atoms with Crippen LogP contribution in [0, 0.1) is 0 Å². The number of rotatable bonds is 3. The maximum Gasteiger partial charge on any atom is 0.0814 e. The molecule has 1 saturated carbocycles. The quantitative estimate of drug-likeness (QED) is 0.775. The molecule has 15 heavy (non-hydrogen) atoms. The van der Waals surface area contributed by atoms with Crippen LogP contribution in [0.25, 0.3) is 0 Å². The Morgan fingerprint density at radius 1 is 1.13 bits per heavy atom. The molecule has 0 aromatic rings. The number of hydrogen-bond donors (Lipinski definition) is 1. The van der Waals surface area contributed by atoms with E-state index in [2.05, 4.69) is 19.2 Å². The second-order valence-electron chi connectivity index (χ2n) is 5.38. The van der Waals surface area contributed by atoms with Gasteiger partial charge in [0.25, 0.3) is 0 Å². The van der Waals surface area contributed by atoms with E-state index in [0.717, 1.165) is 19.5 Å². The fourth-order valence-corrected chi connectivity index (χ4v) is 3.32. The summed E-state index contributed by atoms with van der Waals surface area (Å²) in [5.74, 6) is 0. The van der Waals surface area contributed by atoms with Crippen LogP contribution in [-0.4, -0.2) is 24.3 Å². The lowest BCUT2D eigenvalue weighted by Gasteiger charge is -2.47. The van der Waals surface area contributed by atoms with Gasteiger partial charge in [0.15, 0.2) is 0 Å². The average Bonchev–Trinajstić information content (AvgIpc) is 2.67. The first-order valence-corrected chi connectivity index (χ1v) is 6.65. The van der Waals surface area contributed by atoms with Crippen LogP contribution in [0.3, 0.4) is 0 Å². The normalized spacial score (nSPS) is 34.8. The fourth-order valence-electron chi connectivity index (χ4n) is 3.32. The van der Waals surface area contributed by atoms with Gasteiger partial charge in [0.05, 0.1) is 11.2 Å². The van der Waals surface area contributed by atoms with Crippen molar-refractivity contribution in [3.63, 3.8) is 0 Å². The van der Waals surface area contributed by atoms with E-state index in [1.807, 2.05) is 0 Å². The molecule has 1 aliphatic carbocycles. The Balaban J connectivity index is 2.06. The zero-order valence-corrected chi connectivity index (χ0v) is 10.3. The minimum atomic E-state index is 0.136. The Morgan fingerprint density at radius 3 is 2.47 bits per heavy atom. The molecule has 2 fully saturated rings. The predicted octanol–water partition coefficient (Wildman–Crippen LogP) is 2.87. The minimum Gasteiger partial charge on any atom is -0.366 e. The van der Waals surface area contributed by atoms with Crippen LogP contribution < -0.4 is 5.32 Å². The summed E-state index contributed by atoms with van der Waals surface area (Å²) in [6, 6.07) is 0. The first-order valence-electron chi connectivity index (χ1n) is 6.65. The molecular weight excluding hydrogens is 186 g/mol. The summed E-state index contributed by atoms with van der Waals surface area (Å²) in [5.41, 5.74) is 0.334. The summed E-state index contributed by atoms with van der Waals surface area (Å²) >= 11 is 0. The minimum absolute atomic E-state index is 0.136. The van der Waals surface area contributed by atoms with Crippen LogP contribution in [-0.2, 0) is 4.74 Å². The molecule has 0 aromatic carbocycles. The lowest BCUT2D eigenvalue weighted by atomic mass is 9.88. The second kappa shape index (κ2) is 4.42. The van der Waals surface area contributed by atoms with Crippen LogP contribution in [0.5, 0.6) is 0 Å². The van der Waals surface area contributed by atoms with Gasteiger partial charge in [0.2, 0.25) is 0 Å². The van der Waals surface area contributed by atoms with Crippen LogP contribution in [0.15, 0.2) is 0 Å². The average molecular weight is 211 g/mol. The summed E-state index contributed by atoms with van der Waals surface area (Å²) in [6.07, 6.45) is 8.83. The zero-order valence-electron chi connectivity index (χ0n) is 10.3. The topological polar surface area (TPSA) is 21.3 Å². The van der Waals surface area contributed by atoms with Crippen molar-refractivity contribution in [2.45, 2.75) is 70.0 Å². The van der Waals surface area contributed by atoms with E-state index in [9.17, 15) is 0 Å². The highest BCUT2D eigenvalue weighted by Crippen LogP contribution is 2.40. The Bertz CT molecular complexity index is 207. The van der Waals surface area contributed by atoms with Gasteiger partial charge in [-0.3, -0.25) is 0 Å². The molecule has 2 nitrogen and oxygen atoms in total. The van der Waals surface area contributed by atoms with E-state index in [4.69, 9.17) is 4.74 Å². The van der Waals surface area contributed by atoms with Gasteiger partial charge in [-0.1, -0.05) is 33.1 Å². The molecule has 1 unspecified atom stereocenters. The monoisotopic (exact) mass is 211 g/mol. The number of morpholine rings is 1. The summed E-state index contributed by atoms with van der Waals surface area (Å²) in [4.78, 5) is 0. The predicted molar refractivity (Wildman–Crippen MR) is 63.1 cm³/mol. The van der Waals surface area contributed by atoms with Gasteiger partial charge in [-0.15, -0.1) is 0 Å². The highest BCUT2D eigenvalue weighted by atomic mass is 16.5. The van der Waals surface area contributed by atoms with Crippen molar-refractivity contribution in [1.29, 1.82) is 0 Å². The largest absolute Gasteiger partial charge is 0.366 e. The van der Waals surface area contributed by atoms with E-state index in [1.54, 1.807) is 0 Å². The molecule has 0 amide bonds. The van der Waals surface area contributed by atoms with Crippen LogP contribution in [0.2, 0.25) is 0 Å². The van der Waals surface area contributed by atoms with E-state index in [1.165, 1.54) is 38.5 Å². The molecule has 0 bridgehead atoms. The number of nitrogens with one attached hydrogen (secondary N) is 1. The summed E-state index contributed by atoms with van der Waals surface area (Å²) in [7, 11) is 0. The molecule has 1 heterocycles. The summed E-state index contributed by atoms with van der Waals surface area (Å²) in [6.45, 7) is 6.67. The number of hydrogen-bond acceptors (Lipinski definition) is 2. The molecule has 2 heteroatoms. The van der Waals surface area contributed by atoms with Gasteiger partial charge in [-0.05, 0) is 25.7 Å². The zero-order chi connectivity index (χ0) is 10.8. The fraction of sp³-hybridized carbons (Fsp3) is 1.00. The van der Waals surface area contributed by atoms with Crippen molar-refractivity contribution >= 4 is 0 Å². The molecular formula is C13H25NO. The smallest absolute Gasteiger partial charge is 0.0814 e. The SMILES string of the molecule is CCCC1(CC)CNCC2(CCCC2)O1. The molecule has 1 saturated heterocycles. The Kier molecular flexibility index (Phi) is 3.36. The van der Waals surface area contributed by atoms with E-state index in [-0.39, 0.29) is 11.2 Å². The van der Waals surface area contributed by atoms with Crippen molar-refractivity contribution in [3.05, 3.63) is 0 Å². The van der Waals surface area contributed by atoms with Crippen LogP contribution >= 0.6 is 0 Å².